The Labute approximate surface area is 88.7 Å². The van der Waals surface area contributed by atoms with Crippen LogP contribution in [0.25, 0.3) is 5.52 Å². The number of nitrogens with zero attached hydrogens (tertiary/aromatic N) is 2. The quantitative estimate of drug-likeness (QED) is 0.701. The number of Topliss-reactive ketones (excluding diaryl/α,β-unsaturated/α-hetero) is 1. The highest BCUT2D eigenvalue weighted by Gasteiger charge is 2.18. The van der Waals surface area contributed by atoms with E-state index < -0.39 is 0 Å². The topological polar surface area (TPSA) is 34.4 Å². The fourth-order valence-electron chi connectivity index (χ4n) is 1.71. The standard InChI is InChI=1S/C12H14N2O/c1-8(2)12(15)11-9(3)13-14-7-5-4-6-10(11)14/h4-8H,1-3H3. The summed E-state index contributed by atoms with van der Waals surface area (Å²) in [5.41, 5.74) is 2.46. The van der Waals surface area contributed by atoms with Crippen LogP contribution in [0.2, 0.25) is 0 Å². The van der Waals surface area contributed by atoms with Crippen LogP contribution in [0.4, 0.5) is 0 Å². The van der Waals surface area contributed by atoms with Gasteiger partial charge in [-0.15, -0.1) is 0 Å². The smallest absolute Gasteiger partial charge is 0.169 e. The molecule has 0 saturated carbocycles. The zero-order valence-corrected chi connectivity index (χ0v) is 9.19. The number of aryl methyl sites for hydroxylation is 1. The fourth-order valence-corrected chi connectivity index (χ4v) is 1.71. The predicted molar refractivity (Wildman–Crippen MR) is 59.1 cm³/mol. The maximum atomic E-state index is 12.0. The van der Waals surface area contributed by atoms with Crippen LogP contribution in [0.5, 0.6) is 0 Å². The van der Waals surface area contributed by atoms with Crippen LogP contribution in [0.3, 0.4) is 0 Å². The molecule has 0 amide bonds. The zero-order chi connectivity index (χ0) is 11.0. The molecule has 0 aromatic carbocycles. The molecule has 2 rings (SSSR count). The molecule has 0 aliphatic rings. The molecule has 0 spiro atoms. The van der Waals surface area contributed by atoms with Gasteiger partial charge in [0.15, 0.2) is 5.78 Å². The minimum absolute atomic E-state index is 0.0110. The number of hydrogen-bond donors (Lipinski definition) is 0. The van der Waals surface area contributed by atoms with Crippen LogP contribution in [0, 0.1) is 12.8 Å². The van der Waals surface area contributed by atoms with Gasteiger partial charge in [0, 0.05) is 12.1 Å². The van der Waals surface area contributed by atoms with Crippen LogP contribution in [0.1, 0.15) is 29.9 Å². The van der Waals surface area contributed by atoms with Gasteiger partial charge in [-0.05, 0) is 19.1 Å². The molecule has 0 unspecified atom stereocenters. The van der Waals surface area contributed by atoms with Gasteiger partial charge in [-0.3, -0.25) is 4.79 Å². The minimum atomic E-state index is 0.0110. The van der Waals surface area contributed by atoms with Gasteiger partial charge in [-0.2, -0.15) is 5.10 Å². The first-order valence-electron chi connectivity index (χ1n) is 5.09. The van der Waals surface area contributed by atoms with E-state index in [9.17, 15) is 4.79 Å². The Morgan fingerprint density at radius 3 is 2.80 bits per heavy atom. The Morgan fingerprint density at radius 2 is 2.13 bits per heavy atom. The zero-order valence-electron chi connectivity index (χ0n) is 9.19. The first kappa shape index (κ1) is 9.90. The summed E-state index contributed by atoms with van der Waals surface area (Å²) >= 11 is 0. The second-order valence-corrected chi connectivity index (χ2v) is 4.01. The number of carbonyl (C=O) groups excluding carboxylic acids is 1. The number of ketones is 1. The van der Waals surface area contributed by atoms with Crippen molar-refractivity contribution in [1.82, 2.24) is 9.61 Å². The van der Waals surface area contributed by atoms with Gasteiger partial charge in [0.1, 0.15) is 0 Å². The summed E-state index contributed by atoms with van der Waals surface area (Å²) in [5.74, 6) is 0.172. The van der Waals surface area contributed by atoms with Gasteiger partial charge in [0.2, 0.25) is 0 Å². The third kappa shape index (κ3) is 1.54. The van der Waals surface area contributed by atoms with E-state index in [1.54, 1.807) is 4.52 Å². The van der Waals surface area contributed by atoms with E-state index in [-0.39, 0.29) is 11.7 Å². The summed E-state index contributed by atoms with van der Waals surface area (Å²) in [6.07, 6.45) is 1.86. The van der Waals surface area contributed by atoms with Crippen molar-refractivity contribution in [2.45, 2.75) is 20.8 Å². The van der Waals surface area contributed by atoms with Crippen molar-refractivity contribution in [3.63, 3.8) is 0 Å². The lowest BCUT2D eigenvalue weighted by Crippen LogP contribution is -2.08. The van der Waals surface area contributed by atoms with E-state index in [0.29, 0.717) is 0 Å². The molecule has 0 fully saturated rings. The summed E-state index contributed by atoms with van der Waals surface area (Å²) < 4.78 is 1.75. The van der Waals surface area contributed by atoms with Crippen LogP contribution in [0.15, 0.2) is 24.4 Å². The monoisotopic (exact) mass is 202 g/mol. The van der Waals surface area contributed by atoms with Crippen molar-refractivity contribution in [1.29, 1.82) is 0 Å². The van der Waals surface area contributed by atoms with Crippen molar-refractivity contribution < 1.29 is 4.79 Å². The van der Waals surface area contributed by atoms with Crippen molar-refractivity contribution >= 4 is 11.3 Å². The van der Waals surface area contributed by atoms with E-state index in [1.807, 2.05) is 45.2 Å². The van der Waals surface area contributed by atoms with Gasteiger partial charge in [-0.25, -0.2) is 4.52 Å². The number of pyridine rings is 1. The maximum Gasteiger partial charge on any atom is 0.169 e. The average Bonchev–Trinajstić information content (AvgIpc) is 2.52. The third-order valence-corrected chi connectivity index (χ3v) is 2.49. The van der Waals surface area contributed by atoms with Crippen LogP contribution in [-0.2, 0) is 0 Å². The van der Waals surface area contributed by atoms with E-state index >= 15 is 0 Å². The highest BCUT2D eigenvalue weighted by atomic mass is 16.1. The van der Waals surface area contributed by atoms with Crippen LogP contribution >= 0.6 is 0 Å². The van der Waals surface area contributed by atoms with E-state index in [4.69, 9.17) is 0 Å². The molecule has 2 aromatic rings. The Bertz CT molecular complexity index is 511. The molecule has 2 aromatic heterocycles. The molecule has 0 aliphatic carbocycles. The minimum Gasteiger partial charge on any atom is -0.294 e. The Kier molecular flexibility index (Phi) is 2.31. The number of carbonyl (C=O) groups is 1. The van der Waals surface area contributed by atoms with Gasteiger partial charge in [0.25, 0.3) is 0 Å². The molecule has 0 saturated heterocycles. The summed E-state index contributed by atoms with van der Waals surface area (Å²) in [5, 5.41) is 4.31. The Hall–Kier alpha value is -1.64. The number of fused-ring (bicyclic) bond motifs is 1. The third-order valence-electron chi connectivity index (χ3n) is 2.49. The molecule has 15 heavy (non-hydrogen) atoms. The highest BCUT2D eigenvalue weighted by molar-refractivity contribution is 6.04. The Balaban J connectivity index is 2.69. The molecule has 0 atom stereocenters. The fraction of sp³-hybridized carbons (Fsp3) is 0.333. The van der Waals surface area contributed by atoms with Crippen LogP contribution < -0.4 is 0 Å². The normalized spacial score (nSPS) is 11.2. The molecule has 78 valence electrons. The average molecular weight is 202 g/mol. The summed E-state index contributed by atoms with van der Waals surface area (Å²) in [7, 11) is 0. The van der Waals surface area contributed by atoms with Crippen molar-refractivity contribution in [3.05, 3.63) is 35.7 Å². The van der Waals surface area contributed by atoms with Crippen molar-refractivity contribution in [2.75, 3.05) is 0 Å². The molecule has 2 heterocycles. The van der Waals surface area contributed by atoms with Gasteiger partial charge in [0.05, 0.1) is 16.8 Å². The van der Waals surface area contributed by atoms with Gasteiger partial charge in [-0.1, -0.05) is 19.9 Å². The number of rotatable bonds is 2. The molecule has 3 nitrogen and oxygen atoms in total. The summed E-state index contributed by atoms with van der Waals surface area (Å²) in [4.78, 5) is 12.0. The lowest BCUT2D eigenvalue weighted by atomic mass is 10.0. The van der Waals surface area contributed by atoms with Crippen molar-refractivity contribution in [3.8, 4) is 0 Å². The van der Waals surface area contributed by atoms with Crippen molar-refractivity contribution in [2.24, 2.45) is 5.92 Å². The number of aromatic nitrogens is 2. The summed E-state index contributed by atoms with van der Waals surface area (Å²) in [6, 6.07) is 5.76. The van der Waals surface area contributed by atoms with E-state index in [0.717, 1.165) is 16.8 Å². The first-order chi connectivity index (χ1) is 7.11. The highest BCUT2D eigenvalue weighted by Crippen LogP contribution is 2.18. The summed E-state index contributed by atoms with van der Waals surface area (Å²) in [6.45, 7) is 5.70. The molecule has 0 N–H and O–H groups in total. The second-order valence-electron chi connectivity index (χ2n) is 4.01. The van der Waals surface area contributed by atoms with Gasteiger partial charge < -0.3 is 0 Å². The molecule has 0 aliphatic heterocycles. The number of hydrogen-bond acceptors (Lipinski definition) is 2. The van der Waals surface area contributed by atoms with Crippen LogP contribution in [-0.4, -0.2) is 15.4 Å². The first-order valence-corrected chi connectivity index (χ1v) is 5.09. The largest absolute Gasteiger partial charge is 0.294 e. The SMILES string of the molecule is Cc1nn2ccccc2c1C(=O)C(C)C. The van der Waals surface area contributed by atoms with E-state index in [1.165, 1.54) is 0 Å². The molecular formula is C12H14N2O. The second kappa shape index (κ2) is 3.50. The Morgan fingerprint density at radius 1 is 1.40 bits per heavy atom. The molecule has 0 radical (unpaired) electrons. The maximum absolute atomic E-state index is 12.0. The molecule has 0 bridgehead atoms. The lowest BCUT2D eigenvalue weighted by Gasteiger charge is -2.02. The van der Waals surface area contributed by atoms with Gasteiger partial charge >= 0.3 is 0 Å². The lowest BCUT2D eigenvalue weighted by molar-refractivity contribution is 0.0940. The molecule has 3 heteroatoms. The van der Waals surface area contributed by atoms with E-state index in [2.05, 4.69) is 5.10 Å². The predicted octanol–water partition coefficient (Wildman–Crippen LogP) is 2.48. The molecular weight excluding hydrogens is 188 g/mol.